The average Bonchev–Trinajstić information content (AvgIpc) is 3.02. The minimum Gasteiger partial charge on any atom is -0.356 e. The van der Waals surface area contributed by atoms with Crippen LogP contribution < -0.4 is 10.6 Å². The molecule has 0 aromatic carbocycles. The predicted octanol–water partition coefficient (Wildman–Crippen LogP) is 1.84. The number of aliphatic imine (C=N–C) groups is 1. The van der Waals surface area contributed by atoms with Gasteiger partial charge >= 0.3 is 0 Å². The Labute approximate surface area is 174 Å². The van der Waals surface area contributed by atoms with Crippen LogP contribution in [0.25, 0.3) is 0 Å². The summed E-state index contributed by atoms with van der Waals surface area (Å²) in [6.07, 6.45) is 4.65. The maximum Gasteiger partial charge on any atom is 0.191 e. The number of aryl methyl sites for hydroxylation is 1. The second-order valence-corrected chi connectivity index (χ2v) is 7.83. The molecule has 0 aliphatic carbocycles. The van der Waals surface area contributed by atoms with Crippen molar-refractivity contribution in [2.24, 2.45) is 10.9 Å². The molecule has 2 N–H and O–H groups in total. The Morgan fingerprint density at radius 2 is 2.12 bits per heavy atom. The highest BCUT2D eigenvalue weighted by molar-refractivity contribution is 14.0. The molecule has 148 valence electrons. The van der Waals surface area contributed by atoms with Crippen molar-refractivity contribution in [1.29, 1.82) is 0 Å². The quantitative estimate of drug-likeness (QED) is 0.395. The first-order valence-electron chi connectivity index (χ1n) is 9.64. The van der Waals surface area contributed by atoms with Gasteiger partial charge in [-0.2, -0.15) is 5.10 Å². The molecule has 2 aliphatic heterocycles. The molecule has 7 nitrogen and oxygen atoms in total. The molecular formula is C18H34IN7. The number of piperidine rings is 1. The van der Waals surface area contributed by atoms with Gasteiger partial charge in [-0.1, -0.05) is 13.8 Å². The number of fused-ring (bicyclic) bond motifs is 1. The molecule has 1 aromatic rings. The fourth-order valence-corrected chi connectivity index (χ4v) is 3.76. The number of guanidine groups is 1. The van der Waals surface area contributed by atoms with Crippen LogP contribution >= 0.6 is 24.0 Å². The van der Waals surface area contributed by atoms with Gasteiger partial charge in [-0.25, -0.2) is 9.67 Å². The summed E-state index contributed by atoms with van der Waals surface area (Å²) in [7, 11) is 4.06. The summed E-state index contributed by atoms with van der Waals surface area (Å²) in [5, 5.41) is 11.8. The fraction of sp³-hybridized carbons (Fsp3) is 0.833. The van der Waals surface area contributed by atoms with Gasteiger partial charge in [0, 0.05) is 38.5 Å². The maximum atomic E-state index is 4.66. The van der Waals surface area contributed by atoms with Gasteiger partial charge in [-0.15, -0.1) is 24.0 Å². The smallest absolute Gasteiger partial charge is 0.191 e. The second-order valence-electron chi connectivity index (χ2n) is 7.83. The van der Waals surface area contributed by atoms with Crippen molar-refractivity contribution in [3.63, 3.8) is 0 Å². The van der Waals surface area contributed by atoms with Gasteiger partial charge in [0.25, 0.3) is 0 Å². The van der Waals surface area contributed by atoms with Crippen LogP contribution in [0.4, 0.5) is 0 Å². The first-order valence-corrected chi connectivity index (χ1v) is 9.64. The largest absolute Gasteiger partial charge is 0.356 e. The number of nitrogens with zero attached hydrogens (tertiary/aromatic N) is 5. The topological polar surface area (TPSA) is 70.4 Å². The molecule has 0 bridgehead atoms. The third kappa shape index (κ3) is 5.55. The van der Waals surface area contributed by atoms with E-state index in [4.69, 9.17) is 0 Å². The van der Waals surface area contributed by atoms with E-state index in [1.807, 2.05) is 7.05 Å². The van der Waals surface area contributed by atoms with E-state index >= 15 is 0 Å². The highest BCUT2D eigenvalue weighted by atomic mass is 127. The number of nitrogens with one attached hydrogen (secondary N) is 2. The van der Waals surface area contributed by atoms with Gasteiger partial charge in [-0.05, 0) is 38.8 Å². The van der Waals surface area contributed by atoms with Crippen LogP contribution in [0.2, 0.25) is 0 Å². The Kier molecular flexibility index (Phi) is 8.12. The van der Waals surface area contributed by atoms with Gasteiger partial charge in [0.1, 0.15) is 5.82 Å². The molecule has 8 heteroatoms. The third-order valence-corrected chi connectivity index (χ3v) is 5.24. The molecule has 0 spiro atoms. The van der Waals surface area contributed by atoms with Crippen molar-refractivity contribution in [3.8, 4) is 0 Å². The Hall–Kier alpha value is -0.900. The summed E-state index contributed by atoms with van der Waals surface area (Å²) < 4.78 is 2.07. The zero-order chi connectivity index (χ0) is 17.8. The summed E-state index contributed by atoms with van der Waals surface area (Å²) in [6.45, 7) is 8.54. The Balaban J connectivity index is 0.00000243. The van der Waals surface area contributed by atoms with Gasteiger partial charge in [-0.3, -0.25) is 4.99 Å². The SMILES string of the molecule is CN=C(NCC1CCCN(C)C1)NC1CCc2nc(C(C)C)nn2C1.I. The molecular weight excluding hydrogens is 441 g/mol. The fourth-order valence-electron chi connectivity index (χ4n) is 3.76. The third-order valence-electron chi connectivity index (χ3n) is 5.24. The van der Waals surface area contributed by atoms with Gasteiger partial charge < -0.3 is 15.5 Å². The molecule has 3 rings (SSSR count). The van der Waals surface area contributed by atoms with Crippen LogP contribution in [0.3, 0.4) is 0 Å². The molecule has 1 saturated heterocycles. The monoisotopic (exact) mass is 475 g/mol. The first kappa shape index (κ1) is 21.4. The van der Waals surface area contributed by atoms with Crippen molar-refractivity contribution in [1.82, 2.24) is 30.3 Å². The number of likely N-dealkylation sites (tertiary alicyclic amines) is 1. The van der Waals surface area contributed by atoms with E-state index in [-0.39, 0.29) is 24.0 Å². The zero-order valence-corrected chi connectivity index (χ0v) is 18.9. The maximum absolute atomic E-state index is 4.66. The number of hydrogen-bond acceptors (Lipinski definition) is 4. The lowest BCUT2D eigenvalue weighted by molar-refractivity contribution is 0.210. The minimum absolute atomic E-state index is 0. The van der Waals surface area contributed by atoms with Crippen LogP contribution in [0, 0.1) is 5.92 Å². The van der Waals surface area contributed by atoms with Crippen LogP contribution in [0.15, 0.2) is 4.99 Å². The highest BCUT2D eigenvalue weighted by Gasteiger charge is 2.23. The van der Waals surface area contributed by atoms with Crippen LogP contribution in [0.1, 0.15) is 50.7 Å². The number of aromatic nitrogens is 3. The summed E-state index contributed by atoms with van der Waals surface area (Å²) >= 11 is 0. The van der Waals surface area contributed by atoms with Crippen molar-refractivity contribution in [2.75, 3.05) is 33.7 Å². The molecule has 0 saturated carbocycles. The molecule has 0 radical (unpaired) electrons. The van der Waals surface area contributed by atoms with Crippen molar-refractivity contribution in [2.45, 2.75) is 58.0 Å². The van der Waals surface area contributed by atoms with Crippen LogP contribution in [-0.4, -0.2) is 65.4 Å². The highest BCUT2D eigenvalue weighted by Crippen LogP contribution is 2.17. The van der Waals surface area contributed by atoms with Crippen molar-refractivity contribution >= 4 is 29.9 Å². The van der Waals surface area contributed by atoms with E-state index in [2.05, 4.69) is 56.2 Å². The number of hydrogen-bond donors (Lipinski definition) is 2. The molecule has 2 aliphatic rings. The van der Waals surface area contributed by atoms with E-state index in [1.54, 1.807) is 0 Å². The van der Waals surface area contributed by atoms with E-state index < -0.39 is 0 Å². The van der Waals surface area contributed by atoms with Crippen molar-refractivity contribution < 1.29 is 0 Å². The summed E-state index contributed by atoms with van der Waals surface area (Å²) in [6, 6.07) is 0.356. The predicted molar refractivity (Wildman–Crippen MR) is 116 cm³/mol. The van der Waals surface area contributed by atoms with Gasteiger partial charge in [0.05, 0.1) is 6.54 Å². The lowest BCUT2D eigenvalue weighted by Gasteiger charge is -2.31. The number of rotatable bonds is 4. The number of halogens is 1. The Morgan fingerprint density at radius 3 is 2.81 bits per heavy atom. The van der Waals surface area contributed by atoms with Gasteiger partial charge in [0.2, 0.25) is 0 Å². The van der Waals surface area contributed by atoms with Crippen LogP contribution in [0.5, 0.6) is 0 Å². The normalized spacial score (nSPS) is 24.1. The molecule has 1 fully saturated rings. The first-order chi connectivity index (χ1) is 12.0. The average molecular weight is 475 g/mol. The lowest BCUT2D eigenvalue weighted by atomic mass is 9.98. The Morgan fingerprint density at radius 1 is 1.31 bits per heavy atom. The molecule has 2 atom stereocenters. The van der Waals surface area contributed by atoms with E-state index in [9.17, 15) is 0 Å². The molecule has 0 amide bonds. The molecule has 3 heterocycles. The Bertz CT molecular complexity index is 598. The molecule has 2 unspecified atom stereocenters. The standard InChI is InChI=1S/C18H33N7.HI/c1-13(2)17-22-16-8-7-15(12-25(16)23-17)21-18(19-3)20-10-14-6-5-9-24(4)11-14;/h13-15H,5-12H2,1-4H3,(H2,19,20,21);1H. The van der Waals surface area contributed by atoms with Crippen molar-refractivity contribution in [3.05, 3.63) is 11.6 Å². The summed E-state index contributed by atoms with van der Waals surface area (Å²) in [5.74, 6) is 4.08. The molecule has 1 aromatic heterocycles. The minimum atomic E-state index is 0. The van der Waals surface area contributed by atoms with Crippen LogP contribution in [-0.2, 0) is 13.0 Å². The van der Waals surface area contributed by atoms with E-state index in [1.165, 1.54) is 25.9 Å². The van der Waals surface area contributed by atoms with E-state index in [0.29, 0.717) is 17.9 Å². The zero-order valence-electron chi connectivity index (χ0n) is 16.5. The molecule has 26 heavy (non-hydrogen) atoms. The lowest BCUT2D eigenvalue weighted by Crippen LogP contribution is -2.49. The van der Waals surface area contributed by atoms with Gasteiger partial charge in [0.15, 0.2) is 11.8 Å². The van der Waals surface area contributed by atoms with E-state index in [0.717, 1.165) is 43.5 Å². The summed E-state index contributed by atoms with van der Waals surface area (Å²) in [5.41, 5.74) is 0. The summed E-state index contributed by atoms with van der Waals surface area (Å²) in [4.78, 5) is 11.5. The second kappa shape index (κ2) is 9.87.